The summed E-state index contributed by atoms with van der Waals surface area (Å²) in [5.74, 6) is 1.00. The third-order valence-electron chi connectivity index (χ3n) is 2.59. The average Bonchev–Trinajstić information content (AvgIpc) is 2.64. The van der Waals surface area contributed by atoms with Crippen LogP contribution in [0.15, 0.2) is 12.7 Å². The Morgan fingerprint density at radius 3 is 2.65 bits per heavy atom. The van der Waals surface area contributed by atoms with Gasteiger partial charge in [0.25, 0.3) is 0 Å². The quantitative estimate of drug-likeness (QED) is 0.863. The molecule has 2 heterocycles. The van der Waals surface area contributed by atoms with Crippen molar-refractivity contribution in [3.05, 3.63) is 24.0 Å². The Kier molecular flexibility index (Phi) is 2.95. The molecule has 90 valence electrons. The van der Waals surface area contributed by atoms with Gasteiger partial charge in [0.15, 0.2) is 5.82 Å². The van der Waals surface area contributed by atoms with E-state index in [-0.39, 0.29) is 0 Å². The van der Waals surface area contributed by atoms with E-state index in [1.807, 2.05) is 25.3 Å². The van der Waals surface area contributed by atoms with Crippen molar-refractivity contribution in [2.75, 3.05) is 12.3 Å². The number of nitrogens with zero attached hydrogens (tertiary/aromatic N) is 4. The summed E-state index contributed by atoms with van der Waals surface area (Å²) in [6.45, 7) is 6.30. The molecule has 6 heteroatoms. The number of hydrogen-bond donors (Lipinski definition) is 1. The molecule has 0 saturated heterocycles. The van der Waals surface area contributed by atoms with E-state index in [0.717, 1.165) is 11.4 Å². The standard InChI is InChI=1S/C11H15N5O/c1-4-17-11-9(12)10(13-5-14-11)16-6-15-7(2)8(16)3/h5-6H,4,12H2,1-3H3. The highest BCUT2D eigenvalue weighted by molar-refractivity contribution is 5.60. The highest BCUT2D eigenvalue weighted by atomic mass is 16.5. The fourth-order valence-electron chi connectivity index (χ4n) is 1.53. The van der Waals surface area contributed by atoms with E-state index >= 15 is 0 Å². The van der Waals surface area contributed by atoms with Crippen LogP contribution in [0.1, 0.15) is 18.3 Å². The Morgan fingerprint density at radius 2 is 2.06 bits per heavy atom. The molecule has 0 fully saturated rings. The number of aromatic nitrogens is 4. The first-order valence-electron chi connectivity index (χ1n) is 5.39. The van der Waals surface area contributed by atoms with Crippen molar-refractivity contribution in [3.63, 3.8) is 0 Å². The van der Waals surface area contributed by atoms with Gasteiger partial charge in [0.1, 0.15) is 18.3 Å². The van der Waals surface area contributed by atoms with Crippen LogP contribution in [0, 0.1) is 13.8 Å². The van der Waals surface area contributed by atoms with Crippen LogP contribution < -0.4 is 10.5 Å². The molecular weight excluding hydrogens is 218 g/mol. The molecule has 0 unspecified atom stereocenters. The van der Waals surface area contributed by atoms with Crippen LogP contribution in [0.25, 0.3) is 5.82 Å². The van der Waals surface area contributed by atoms with E-state index in [1.165, 1.54) is 6.33 Å². The number of ether oxygens (including phenoxy) is 1. The largest absolute Gasteiger partial charge is 0.476 e. The lowest BCUT2D eigenvalue weighted by Crippen LogP contribution is -2.07. The molecule has 0 saturated carbocycles. The first-order chi connectivity index (χ1) is 8.15. The third-order valence-corrected chi connectivity index (χ3v) is 2.59. The zero-order chi connectivity index (χ0) is 12.4. The van der Waals surface area contributed by atoms with Crippen LogP contribution in [0.2, 0.25) is 0 Å². The summed E-state index contributed by atoms with van der Waals surface area (Å²) in [6.07, 6.45) is 3.13. The number of nitrogen functional groups attached to an aromatic ring is 1. The third kappa shape index (κ3) is 1.93. The molecule has 0 aliphatic carbocycles. The SMILES string of the molecule is CCOc1ncnc(-n2cnc(C)c2C)c1N. The lowest BCUT2D eigenvalue weighted by atomic mass is 10.3. The summed E-state index contributed by atoms with van der Waals surface area (Å²) >= 11 is 0. The zero-order valence-corrected chi connectivity index (χ0v) is 10.1. The van der Waals surface area contributed by atoms with Crippen molar-refractivity contribution in [2.24, 2.45) is 0 Å². The average molecular weight is 233 g/mol. The molecule has 0 radical (unpaired) electrons. The summed E-state index contributed by atoms with van der Waals surface area (Å²) in [5, 5.41) is 0. The van der Waals surface area contributed by atoms with Gasteiger partial charge in [0.05, 0.1) is 12.3 Å². The number of anilines is 1. The van der Waals surface area contributed by atoms with E-state index in [1.54, 1.807) is 6.33 Å². The molecule has 17 heavy (non-hydrogen) atoms. The van der Waals surface area contributed by atoms with Crippen LogP contribution in [0.4, 0.5) is 5.69 Å². The van der Waals surface area contributed by atoms with Crippen LogP contribution in [0.3, 0.4) is 0 Å². The van der Waals surface area contributed by atoms with Gasteiger partial charge in [-0.05, 0) is 20.8 Å². The van der Waals surface area contributed by atoms with Crippen LogP contribution >= 0.6 is 0 Å². The normalized spacial score (nSPS) is 10.5. The van der Waals surface area contributed by atoms with E-state index in [0.29, 0.717) is 24.0 Å². The molecule has 6 nitrogen and oxygen atoms in total. The van der Waals surface area contributed by atoms with Gasteiger partial charge >= 0.3 is 0 Å². The number of nitrogens with two attached hydrogens (primary N) is 1. The maximum atomic E-state index is 5.98. The summed E-state index contributed by atoms with van der Waals surface area (Å²) in [7, 11) is 0. The van der Waals surface area contributed by atoms with Crippen LogP contribution in [0.5, 0.6) is 5.88 Å². The minimum atomic E-state index is 0.406. The Bertz CT molecular complexity index is 535. The van der Waals surface area contributed by atoms with Gasteiger partial charge in [-0.25, -0.2) is 9.97 Å². The van der Waals surface area contributed by atoms with E-state index in [4.69, 9.17) is 10.5 Å². The molecule has 0 spiro atoms. The van der Waals surface area contributed by atoms with Crippen molar-refractivity contribution >= 4 is 5.69 Å². The van der Waals surface area contributed by atoms with Crippen molar-refractivity contribution in [1.29, 1.82) is 0 Å². The predicted molar refractivity (Wildman–Crippen MR) is 64.2 cm³/mol. The molecular formula is C11H15N5O. The van der Waals surface area contributed by atoms with Crippen molar-refractivity contribution in [1.82, 2.24) is 19.5 Å². The second-order valence-corrected chi connectivity index (χ2v) is 3.63. The maximum Gasteiger partial charge on any atom is 0.242 e. The second kappa shape index (κ2) is 4.40. The fraction of sp³-hybridized carbons (Fsp3) is 0.364. The van der Waals surface area contributed by atoms with Gasteiger partial charge in [0.2, 0.25) is 5.88 Å². The first kappa shape index (κ1) is 11.4. The topological polar surface area (TPSA) is 78.9 Å². The van der Waals surface area contributed by atoms with Gasteiger partial charge in [-0.1, -0.05) is 0 Å². The molecule has 0 bridgehead atoms. The first-order valence-corrected chi connectivity index (χ1v) is 5.39. The minimum absolute atomic E-state index is 0.406. The zero-order valence-electron chi connectivity index (χ0n) is 10.1. The van der Waals surface area contributed by atoms with Crippen LogP contribution in [-0.4, -0.2) is 26.1 Å². The summed E-state index contributed by atoms with van der Waals surface area (Å²) in [4.78, 5) is 12.4. The van der Waals surface area contributed by atoms with Gasteiger partial charge in [-0.3, -0.25) is 4.57 Å². The van der Waals surface area contributed by atoms with Crippen molar-refractivity contribution < 1.29 is 4.74 Å². The number of rotatable bonds is 3. The highest BCUT2D eigenvalue weighted by Crippen LogP contribution is 2.24. The molecule has 0 aliphatic rings. The Labute approximate surface area is 99.5 Å². The summed E-state index contributed by atoms with van der Waals surface area (Å²) in [5.41, 5.74) is 8.35. The van der Waals surface area contributed by atoms with Crippen molar-refractivity contribution in [2.45, 2.75) is 20.8 Å². The summed E-state index contributed by atoms with van der Waals surface area (Å²) < 4.78 is 7.16. The Morgan fingerprint density at radius 1 is 1.29 bits per heavy atom. The van der Waals surface area contributed by atoms with E-state index in [9.17, 15) is 0 Å². The van der Waals surface area contributed by atoms with E-state index < -0.39 is 0 Å². The maximum absolute atomic E-state index is 5.98. The molecule has 2 N–H and O–H groups in total. The molecule has 0 aliphatic heterocycles. The monoisotopic (exact) mass is 233 g/mol. The number of aryl methyl sites for hydroxylation is 1. The molecule has 0 aromatic carbocycles. The fourth-order valence-corrected chi connectivity index (χ4v) is 1.53. The second-order valence-electron chi connectivity index (χ2n) is 3.63. The highest BCUT2D eigenvalue weighted by Gasteiger charge is 2.13. The smallest absolute Gasteiger partial charge is 0.242 e. The Balaban J connectivity index is 2.52. The number of hydrogen-bond acceptors (Lipinski definition) is 5. The van der Waals surface area contributed by atoms with Gasteiger partial charge in [-0.2, -0.15) is 4.98 Å². The van der Waals surface area contributed by atoms with Gasteiger partial charge in [-0.15, -0.1) is 0 Å². The molecule has 2 aromatic rings. The molecule has 2 aromatic heterocycles. The number of imidazole rings is 1. The Hall–Kier alpha value is -2.11. The molecule has 2 rings (SSSR count). The predicted octanol–water partition coefficient (Wildman–Crippen LogP) is 1.26. The lowest BCUT2D eigenvalue weighted by Gasteiger charge is -2.10. The van der Waals surface area contributed by atoms with Gasteiger partial charge < -0.3 is 10.5 Å². The van der Waals surface area contributed by atoms with Crippen molar-refractivity contribution in [3.8, 4) is 11.7 Å². The van der Waals surface area contributed by atoms with Gasteiger partial charge in [0, 0.05) is 5.69 Å². The van der Waals surface area contributed by atoms with Crippen LogP contribution in [-0.2, 0) is 0 Å². The molecule has 0 atom stereocenters. The molecule has 0 amide bonds. The van der Waals surface area contributed by atoms with E-state index in [2.05, 4.69) is 15.0 Å². The minimum Gasteiger partial charge on any atom is -0.476 e. The lowest BCUT2D eigenvalue weighted by molar-refractivity contribution is 0.328. The summed E-state index contributed by atoms with van der Waals surface area (Å²) in [6, 6.07) is 0.